The molecule has 4 nitrogen and oxygen atoms in total. The van der Waals surface area contributed by atoms with Crippen molar-refractivity contribution in [1.29, 1.82) is 0 Å². The van der Waals surface area contributed by atoms with Crippen LogP contribution in [0.3, 0.4) is 0 Å². The molecule has 0 unspecified atom stereocenters. The van der Waals surface area contributed by atoms with Crippen LogP contribution < -0.4 is 5.32 Å². The van der Waals surface area contributed by atoms with Crippen LogP contribution in [0.25, 0.3) is 6.08 Å². The average molecular weight is 473 g/mol. The minimum atomic E-state index is -0.0522. The van der Waals surface area contributed by atoms with Crippen LogP contribution in [0, 0.1) is 0 Å². The van der Waals surface area contributed by atoms with Gasteiger partial charge in [0.15, 0.2) is 0 Å². The van der Waals surface area contributed by atoms with Gasteiger partial charge in [-0.15, -0.1) is 0 Å². The Hall–Kier alpha value is -2.15. The molecule has 1 fully saturated rings. The van der Waals surface area contributed by atoms with Crippen molar-refractivity contribution in [2.75, 3.05) is 13.1 Å². The third kappa shape index (κ3) is 7.49. The number of unbranched alkanes of at least 4 members (excludes halogenated alkanes) is 2. The molecule has 0 saturated carbocycles. The molecule has 0 aliphatic carbocycles. The number of amides is 2. The Labute approximate surface area is 198 Å². The van der Waals surface area contributed by atoms with E-state index in [1.807, 2.05) is 36.4 Å². The fourth-order valence-electron chi connectivity index (χ4n) is 3.21. The highest BCUT2D eigenvalue weighted by Crippen LogP contribution is 2.32. The number of carbonyl (C=O) groups excluding carboxylic acids is 2. The number of nitrogens with zero attached hydrogens (tertiary/aromatic N) is 1. The van der Waals surface area contributed by atoms with Crippen molar-refractivity contribution >= 4 is 57.8 Å². The van der Waals surface area contributed by atoms with Crippen LogP contribution in [-0.2, 0) is 16.0 Å². The number of hydrogen-bond acceptors (Lipinski definition) is 4. The van der Waals surface area contributed by atoms with Crippen molar-refractivity contribution < 1.29 is 9.59 Å². The second-order valence-corrected chi connectivity index (χ2v) is 9.39. The summed E-state index contributed by atoms with van der Waals surface area (Å²) in [5, 5.41) is 3.63. The molecule has 0 aromatic heterocycles. The molecule has 1 heterocycles. The van der Waals surface area contributed by atoms with Crippen LogP contribution >= 0.6 is 35.6 Å². The maximum Gasteiger partial charge on any atom is 0.266 e. The summed E-state index contributed by atoms with van der Waals surface area (Å²) in [5.74, 6) is 0.0241. The van der Waals surface area contributed by atoms with E-state index in [-0.39, 0.29) is 11.8 Å². The van der Waals surface area contributed by atoms with Crippen molar-refractivity contribution in [3.8, 4) is 0 Å². The first-order valence-corrected chi connectivity index (χ1v) is 11.9. The molecule has 3 rings (SSSR count). The highest BCUT2D eigenvalue weighted by atomic mass is 35.5. The van der Waals surface area contributed by atoms with Crippen LogP contribution in [0.1, 0.15) is 36.8 Å². The van der Waals surface area contributed by atoms with Gasteiger partial charge in [0.2, 0.25) is 5.91 Å². The van der Waals surface area contributed by atoms with Crippen molar-refractivity contribution in [2.24, 2.45) is 0 Å². The molecule has 0 radical (unpaired) electrons. The number of hydrogen-bond donors (Lipinski definition) is 1. The van der Waals surface area contributed by atoms with Crippen LogP contribution in [0.2, 0.25) is 5.02 Å². The third-order valence-electron chi connectivity index (χ3n) is 4.91. The fraction of sp³-hybridized carbons (Fsp3) is 0.292. The molecule has 2 amide bonds. The molecule has 0 spiro atoms. The SMILES string of the molecule is O=C(CCCCCN1C(=O)/C(=C/c2ccc(Cl)cc2)SC1=S)NCCc1ccccc1. The van der Waals surface area contributed by atoms with Gasteiger partial charge in [0.05, 0.1) is 4.91 Å². The number of thioether (sulfide) groups is 1. The van der Waals surface area contributed by atoms with Gasteiger partial charge in [0.1, 0.15) is 4.32 Å². The van der Waals surface area contributed by atoms with E-state index in [1.54, 1.807) is 17.0 Å². The van der Waals surface area contributed by atoms with Gasteiger partial charge in [-0.25, -0.2) is 0 Å². The van der Waals surface area contributed by atoms with Crippen molar-refractivity contribution in [2.45, 2.75) is 32.1 Å². The van der Waals surface area contributed by atoms with Gasteiger partial charge in [-0.2, -0.15) is 0 Å². The quantitative estimate of drug-likeness (QED) is 0.283. The number of nitrogens with one attached hydrogen (secondary N) is 1. The molecule has 162 valence electrons. The Bertz CT molecular complexity index is 946. The van der Waals surface area contributed by atoms with Crippen LogP contribution in [0.4, 0.5) is 0 Å². The first-order valence-electron chi connectivity index (χ1n) is 10.3. The second kappa shape index (κ2) is 12.0. The van der Waals surface area contributed by atoms with Crippen LogP contribution in [0.15, 0.2) is 59.5 Å². The monoisotopic (exact) mass is 472 g/mol. The Morgan fingerprint density at radius 1 is 1.06 bits per heavy atom. The van der Waals surface area contributed by atoms with Crippen LogP contribution in [-0.4, -0.2) is 34.1 Å². The van der Waals surface area contributed by atoms with E-state index >= 15 is 0 Å². The molecule has 1 aliphatic heterocycles. The van der Waals surface area contributed by atoms with Gasteiger partial charge in [-0.3, -0.25) is 14.5 Å². The highest BCUT2D eigenvalue weighted by Gasteiger charge is 2.31. The van der Waals surface area contributed by atoms with Gasteiger partial charge in [0, 0.05) is 24.5 Å². The summed E-state index contributed by atoms with van der Waals surface area (Å²) in [7, 11) is 0. The highest BCUT2D eigenvalue weighted by molar-refractivity contribution is 8.26. The van der Waals surface area contributed by atoms with E-state index in [4.69, 9.17) is 23.8 Å². The smallest absolute Gasteiger partial charge is 0.266 e. The summed E-state index contributed by atoms with van der Waals surface area (Å²) in [5.41, 5.74) is 2.14. The molecule has 1 N–H and O–H groups in total. The zero-order valence-corrected chi connectivity index (χ0v) is 19.6. The molecule has 0 atom stereocenters. The summed E-state index contributed by atoms with van der Waals surface area (Å²) in [4.78, 5) is 26.9. The van der Waals surface area contributed by atoms with Crippen molar-refractivity contribution in [3.63, 3.8) is 0 Å². The zero-order valence-electron chi connectivity index (χ0n) is 17.2. The number of rotatable bonds is 10. The van der Waals surface area contributed by atoms with Gasteiger partial charge < -0.3 is 5.32 Å². The molecule has 31 heavy (non-hydrogen) atoms. The molecular formula is C24H25ClN2O2S2. The maximum atomic E-state index is 12.7. The van der Waals surface area contributed by atoms with Crippen molar-refractivity contribution in [1.82, 2.24) is 10.2 Å². The Morgan fingerprint density at radius 3 is 2.55 bits per heavy atom. The molecular weight excluding hydrogens is 448 g/mol. The van der Waals surface area contributed by atoms with E-state index < -0.39 is 0 Å². The topological polar surface area (TPSA) is 49.4 Å². The van der Waals surface area contributed by atoms with Crippen molar-refractivity contribution in [3.05, 3.63) is 75.7 Å². The summed E-state index contributed by atoms with van der Waals surface area (Å²) in [6, 6.07) is 17.5. The average Bonchev–Trinajstić information content (AvgIpc) is 3.03. The summed E-state index contributed by atoms with van der Waals surface area (Å²) >= 11 is 12.6. The molecule has 0 bridgehead atoms. The van der Waals surface area contributed by atoms with E-state index in [2.05, 4.69) is 17.4 Å². The lowest BCUT2D eigenvalue weighted by molar-refractivity contribution is -0.122. The van der Waals surface area contributed by atoms with Crippen LogP contribution in [0.5, 0.6) is 0 Å². The van der Waals surface area contributed by atoms with E-state index in [0.717, 1.165) is 31.2 Å². The normalized spacial score (nSPS) is 15.0. The predicted molar refractivity (Wildman–Crippen MR) is 133 cm³/mol. The molecule has 1 aliphatic rings. The lowest BCUT2D eigenvalue weighted by Crippen LogP contribution is -2.29. The molecule has 2 aromatic rings. The minimum absolute atomic E-state index is 0.0522. The first-order chi connectivity index (χ1) is 15.0. The summed E-state index contributed by atoms with van der Waals surface area (Å²) in [6.07, 6.45) is 5.67. The summed E-state index contributed by atoms with van der Waals surface area (Å²) < 4.78 is 0.587. The summed E-state index contributed by atoms with van der Waals surface area (Å²) in [6.45, 7) is 1.23. The fourth-order valence-corrected chi connectivity index (χ4v) is 4.65. The maximum absolute atomic E-state index is 12.7. The minimum Gasteiger partial charge on any atom is -0.356 e. The number of thiocarbonyl (C=S) groups is 1. The van der Waals surface area contributed by atoms with Gasteiger partial charge in [-0.05, 0) is 48.6 Å². The predicted octanol–water partition coefficient (Wildman–Crippen LogP) is 5.46. The first kappa shape index (κ1) is 23.5. The third-order valence-corrected chi connectivity index (χ3v) is 6.54. The lowest BCUT2D eigenvalue weighted by Gasteiger charge is -2.14. The zero-order chi connectivity index (χ0) is 22.1. The Balaban J connectivity index is 1.33. The van der Waals surface area contributed by atoms with E-state index in [1.165, 1.54) is 17.3 Å². The van der Waals surface area contributed by atoms with Gasteiger partial charge in [-0.1, -0.05) is 84.5 Å². The largest absolute Gasteiger partial charge is 0.356 e. The number of benzene rings is 2. The van der Waals surface area contributed by atoms with E-state index in [0.29, 0.717) is 33.8 Å². The number of carbonyl (C=O) groups is 2. The Kier molecular flexibility index (Phi) is 9.13. The number of halogens is 1. The molecule has 7 heteroatoms. The van der Waals surface area contributed by atoms with Gasteiger partial charge in [0.25, 0.3) is 5.91 Å². The molecule has 1 saturated heterocycles. The van der Waals surface area contributed by atoms with E-state index in [9.17, 15) is 9.59 Å². The lowest BCUT2D eigenvalue weighted by atomic mass is 10.1. The standard InChI is InChI=1S/C24H25ClN2O2S2/c25-20-12-10-19(11-13-20)17-21-23(29)27(24(30)31-21)16-6-2-5-9-22(28)26-15-14-18-7-3-1-4-8-18/h1,3-4,7-8,10-13,17H,2,5-6,9,14-16H2,(H,26,28)/b21-17-. The molecule has 2 aromatic carbocycles. The van der Waals surface area contributed by atoms with Gasteiger partial charge >= 0.3 is 0 Å². The second-order valence-electron chi connectivity index (χ2n) is 7.28. The Morgan fingerprint density at radius 2 is 1.81 bits per heavy atom.